The number of aromatic nitrogens is 4. The van der Waals surface area contributed by atoms with Gasteiger partial charge in [0, 0.05) is 17.4 Å². The normalized spacial score (nSPS) is 10.4. The fourth-order valence-electron chi connectivity index (χ4n) is 1.75. The molecule has 0 fully saturated rings. The predicted molar refractivity (Wildman–Crippen MR) is 69.0 cm³/mol. The third-order valence-corrected chi connectivity index (χ3v) is 2.63. The van der Waals surface area contributed by atoms with Gasteiger partial charge < -0.3 is 5.73 Å². The molecule has 88 valence electrons. The van der Waals surface area contributed by atoms with E-state index in [0.717, 1.165) is 17.1 Å². The Morgan fingerprint density at radius 2 is 1.83 bits per heavy atom. The molecule has 2 heterocycles. The predicted octanol–water partition coefficient (Wildman–Crippen LogP) is 1.91. The van der Waals surface area contributed by atoms with Gasteiger partial charge in [0.2, 0.25) is 0 Å². The highest BCUT2D eigenvalue weighted by Gasteiger charge is 2.08. The van der Waals surface area contributed by atoms with E-state index in [4.69, 9.17) is 5.73 Å². The van der Waals surface area contributed by atoms with E-state index in [0.29, 0.717) is 5.82 Å². The van der Waals surface area contributed by atoms with E-state index in [1.807, 2.05) is 41.0 Å². The lowest BCUT2D eigenvalue weighted by molar-refractivity contribution is 1.06. The van der Waals surface area contributed by atoms with Crippen molar-refractivity contribution in [3.63, 3.8) is 0 Å². The molecule has 0 aliphatic heterocycles. The highest BCUT2D eigenvalue weighted by atomic mass is 15.3. The zero-order valence-electron chi connectivity index (χ0n) is 9.56. The Labute approximate surface area is 104 Å². The highest BCUT2D eigenvalue weighted by molar-refractivity contribution is 5.58. The average molecular weight is 237 g/mol. The number of nitrogens with two attached hydrogens (primary N) is 1. The van der Waals surface area contributed by atoms with Gasteiger partial charge in [-0.2, -0.15) is 0 Å². The molecule has 0 amide bonds. The summed E-state index contributed by atoms with van der Waals surface area (Å²) in [6.45, 7) is 0. The Balaban J connectivity index is 2.10. The van der Waals surface area contributed by atoms with Gasteiger partial charge in [0.1, 0.15) is 12.1 Å². The summed E-state index contributed by atoms with van der Waals surface area (Å²) >= 11 is 0. The molecule has 5 nitrogen and oxygen atoms in total. The molecule has 3 rings (SSSR count). The summed E-state index contributed by atoms with van der Waals surface area (Å²) in [5.41, 5.74) is 7.46. The minimum absolute atomic E-state index is 0.490. The zero-order valence-corrected chi connectivity index (χ0v) is 9.56. The maximum Gasteiger partial charge on any atom is 0.169 e. The number of pyridine rings is 1. The van der Waals surface area contributed by atoms with Crippen molar-refractivity contribution in [2.75, 3.05) is 5.73 Å². The Bertz CT molecular complexity index is 643. The smallest absolute Gasteiger partial charge is 0.169 e. The molecule has 0 atom stereocenters. The van der Waals surface area contributed by atoms with Crippen LogP contribution in [0.25, 0.3) is 17.1 Å². The lowest BCUT2D eigenvalue weighted by Crippen LogP contribution is -1.97. The first-order valence-electron chi connectivity index (χ1n) is 5.52. The van der Waals surface area contributed by atoms with Gasteiger partial charge in [0.05, 0.1) is 0 Å². The summed E-state index contributed by atoms with van der Waals surface area (Å²) in [5.74, 6) is 1.23. The lowest BCUT2D eigenvalue weighted by Gasteiger charge is -2.06. The quantitative estimate of drug-likeness (QED) is 0.739. The summed E-state index contributed by atoms with van der Waals surface area (Å²) in [4.78, 5) is 4.07. The largest absolute Gasteiger partial charge is 0.384 e. The van der Waals surface area contributed by atoms with Crippen LogP contribution < -0.4 is 5.73 Å². The van der Waals surface area contributed by atoms with Crippen LogP contribution in [-0.2, 0) is 0 Å². The van der Waals surface area contributed by atoms with Crippen molar-refractivity contribution in [1.82, 2.24) is 19.7 Å². The van der Waals surface area contributed by atoms with Crippen LogP contribution in [0.4, 0.5) is 5.82 Å². The maximum absolute atomic E-state index is 5.58. The van der Waals surface area contributed by atoms with Crippen LogP contribution in [0.1, 0.15) is 0 Å². The number of benzene rings is 1. The van der Waals surface area contributed by atoms with Gasteiger partial charge >= 0.3 is 0 Å². The Hall–Kier alpha value is -2.69. The standard InChI is InChI=1S/C13H11N5/c14-12-7-6-10(8-15-12)13-17-16-9-18(13)11-4-2-1-3-5-11/h1-9H,(H2,14,15). The number of nitrogen functional groups attached to an aromatic ring is 1. The molecule has 0 unspecified atom stereocenters. The molecule has 0 saturated heterocycles. The maximum atomic E-state index is 5.58. The van der Waals surface area contributed by atoms with Gasteiger partial charge in [0.15, 0.2) is 5.82 Å². The zero-order chi connectivity index (χ0) is 12.4. The number of hydrogen-bond donors (Lipinski definition) is 1. The van der Waals surface area contributed by atoms with Crippen molar-refractivity contribution in [1.29, 1.82) is 0 Å². The topological polar surface area (TPSA) is 69.6 Å². The third kappa shape index (κ3) is 1.82. The lowest BCUT2D eigenvalue weighted by atomic mass is 10.2. The van der Waals surface area contributed by atoms with E-state index in [9.17, 15) is 0 Å². The fraction of sp³-hybridized carbons (Fsp3) is 0. The van der Waals surface area contributed by atoms with Gasteiger partial charge in [-0.05, 0) is 24.3 Å². The fourth-order valence-corrected chi connectivity index (χ4v) is 1.75. The molecule has 0 radical (unpaired) electrons. The minimum atomic E-state index is 0.490. The first-order chi connectivity index (χ1) is 8.84. The van der Waals surface area contributed by atoms with E-state index < -0.39 is 0 Å². The molecule has 0 aliphatic rings. The monoisotopic (exact) mass is 237 g/mol. The van der Waals surface area contributed by atoms with Crippen LogP contribution in [0.3, 0.4) is 0 Å². The average Bonchev–Trinajstić information content (AvgIpc) is 2.90. The van der Waals surface area contributed by atoms with Crippen LogP contribution in [0.5, 0.6) is 0 Å². The van der Waals surface area contributed by atoms with Crippen LogP contribution in [0, 0.1) is 0 Å². The Kier molecular flexibility index (Phi) is 2.49. The summed E-state index contributed by atoms with van der Waals surface area (Å²) in [6.07, 6.45) is 3.37. The number of anilines is 1. The van der Waals surface area contributed by atoms with Crippen LogP contribution >= 0.6 is 0 Å². The molecular weight excluding hydrogens is 226 g/mol. The highest BCUT2D eigenvalue weighted by Crippen LogP contribution is 2.19. The molecule has 18 heavy (non-hydrogen) atoms. The molecule has 0 saturated carbocycles. The number of hydrogen-bond acceptors (Lipinski definition) is 4. The van der Waals surface area contributed by atoms with E-state index in [1.54, 1.807) is 18.6 Å². The Morgan fingerprint density at radius 1 is 1.00 bits per heavy atom. The molecule has 5 heteroatoms. The van der Waals surface area contributed by atoms with Gasteiger partial charge in [0.25, 0.3) is 0 Å². The molecule has 3 aromatic rings. The summed E-state index contributed by atoms with van der Waals surface area (Å²) in [6, 6.07) is 13.5. The second kappa shape index (κ2) is 4.29. The molecule has 0 spiro atoms. The first-order valence-corrected chi connectivity index (χ1v) is 5.52. The minimum Gasteiger partial charge on any atom is -0.384 e. The van der Waals surface area contributed by atoms with Crippen molar-refractivity contribution in [3.8, 4) is 17.1 Å². The molecular formula is C13H11N5. The van der Waals surface area contributed by atoms with Crippen LogP contribution in [0.2, 0.25) is 0 Å². The summed E-state index contributed by atoms with van der Waals surface area (Å²) < 4.78 is 1.91. The molecule has 0 aliphatic carbocycles. The van der Waals surface area contributed by atoms with Crippen molar-refractivity contribution in [3.05, 3.63) is 55.0 Å². The SMILES string of the molecule is Nc1ccc(-c2nncn2-c2ccccc2)cn1. The van der Waals surface area contributed by atoms with Crippen molar-refractivity contribution >= 4 is 5.82 Å². The number of nitrogens with zero attached hydrogens (tertiary/aromatic N) is 4. The van der Waals surface area contributed by atoms with Gasteiger partial charge in [-0.25, -0.2) is 4.98 Å². The van der Waals surface area contributed by atoms with Crippen LogP contribution in [0.15, 0.2) is 55.0 Å². The molecule has 2 N–H and O–H groups in total. The van der Waals surface area contributed by atoms with Gasteiger partial charge in [-0.3, -0.25) is 4.57 Å². The van der Waals surface area contributed by atoms with Crippen molar-refractivity contribution in [2.24, 2.45) is 0 Å². The number of para-hydroxylation sites is 1. The molecule has 0 bridgehead atoms. The van der Waals surface area contributed by atoms with Crippen molar-refractivity contribution < 1.29 is 0 Å². The Morgan fingerprint density at radius 3 is 2.56 bits per heavy atom. The second-order valence-electron chi connectivity index (χ2n) is 3.83. The summed E-state index contributed by atoms with van der Waals surface area (Å²) in [7, 11) is 0. The first kappa shape index (κ1) is 10.5. The van der Waals surface area contributed by atoms with Crippen LogP contribution in [-0.4, -0.2) is 19.7 Å². The van der Waals surface area contributed by atoms with E-state index in [-0.39, 0.29) is 0 Å². The van der Waals surface area contributed by atoms with Gasteiger partial charge in [-0.1, -0.05) is 18.2 Å². The third-order valence-electron chi connectivity index (χ3n) is 2.63. The van der Waals surface area contributed by atoms with E-state index in [2.05, 4.69) is 15.2 Å². The molecule has 2 aromatic heterocycles. The second-order valence-corrected chi connectivity index (χ2v) is 3.83. The van der Waals surface area contributed by atoms with E-state index >= 15 is 0 Å². The summed E-state index contributed by atoms with van der Waals surface area (Å²) in [5, 5.41) is 8.08. The molecule has 1 aromatic carbocycles. The van der Waals surface area contributed by atoms with E-state index in [1.165, 1.54) is 0 Å². The number of rotatable bonds is 2. The van der Waals surface area contributed by atoms with Gasteiger partial charge in [-0.15, -0.1) is 10.2 Å². The van der Waals surface area contributed by atoms with Crippen molar-refractivity contribution in [2.45, 2.75) is 0 Å².